The van der Waals surface area contributed by atoms with E-state index in [1.807, 2.05) is 13.1 Å². The van der Waals surface area contributed by atoms with Crippen molar-refractivity contribution in [1.82, 2.24) is 4.90 Å². The lowest BCUT2D eigenvalue weighted by molar-refractivity contribution is -0.208. The first kappa shape index (κ1) is 27.1. The molecule has 1 fully saturated rings. The van der Waals surface area contributed by atoms with E-state index in [0.717, 1.165) is 11.1 Å². The van der Waals surface area contributed by atoms with Crippen LogP contribution >= 0.6 is 0 Å². The molecule has 5 rings (SSSR count). The van der Waals surface area contributed by atoms with E-state index in [9.17, 15) is 34.5 Å². The number of carboxylic acid groups (broad SMARTS) is 2. The summed E-state index contributed by atoms with van der Waals surface area (Å²) in [4.78, 5) is 50.4. The van der Waals surface area contributed by atoms with Gasteiger partial charge in [0.05, 0.1) is 36.8 Å². The Morgan fingerprint density at radius 3 is 2.56 bits per heavy atom. The van der Waals surface area contributed by atoms with Crippen molar-refractivity contribution in [2.24, 2.45) is 5.92 Å². The normalized spacial score (nSPS) is 29.8. The first-order valence-electron chi connectivity index (χ1n) is 12.8. The molecule has 1 saturated heterocycles. The maximum absolute atomic E-state index is 13.1. The molecule has 6 atom stereocenters. The Labute approximate surface area is 223 Å². The van der Waals surface area contributed by atoms with Gasteiger partial charge in [0.2, 0.25) is 0 Å². The van der Waals surface area contributed by atoms with Gasteiger partial charge in [-0.25, -0.2) is 4.79 Å². The smallest absolute Gasteiger partial charge is 0.333 e. The summed E-state index contributed by atoms with van der Waals surface area (Å²) >= 11 is 0. The first-order valence-corrected chi connectivity index (χ1v) is 12.8. The van der Waals surface area contributed by atoms with Gasteiger partial charge in [-0.15, -0.1) is 0 Å². The largest absolute Gasteiger partial charge is 0.481 e. The molecule has 210 valence electrons. The van der Waals surface area contributed by atoms with Crippen LogP contribution in [0.2, 0.25) is 0 Å². The van der Waals surface area contributed by atoms with Gasteiger partial charge in [0.1, 0.15) is 17.1 Å². The number of carboxylic acids is 2. The zero-order chi connectivity index (χ0) is 28.3. The van der Waals surface area contributed by atoms with Crippen molar-refractivity contribution in [3.8, 4) is 5.75 Å². The zero-order valence-corrected chi connectivity index (χ0v) is 21.6. The van der Waals surface area contributed by atoms with Crippen LogP contribution in [-0.2, 0) is 47.1 Å². The molecular weight excluding hydrogens is 514 g/mol. The number of rotatable bonds is 9. The molecule has 2 aliphatic carbocycles. The fourth-order valence-electron chi connectivity index (χ4n) is 6.80. The minimum atomic E-state index is -1.93. The summed E-state index contributed by atoms with van der Waals surface area (Å²) in [5.41, 5.74) is -0.0794. The highest BCUT2D eigenvalue weighted by Gasteiger charge is 2.74. The third kappa shape index (κ3) is 4.00. The molecule has 0 amide bonds. The number of likely N-dealkylation sites (N-methyl/N-ethyl adjacent to an activating group) is 1. The van der Waals surface area contributed by atoms with Crippen molar-refractivity contribution in [1.29, 1.82) is 0 Å². The lowest BCUT2D eigenvalue weighted by Gasteiger charge is -2.62. The predicted octanol–water partition coefficient (Wildman–Crippen LogP) is 0.497. The van der Waals surface area contributed by atoms with Crippen LogP contribution in [-0.4, -0.2) is 86.6 Å². The molecule has 2 bridgehead atoms. The third-order valence-corrected chi connectivity index (χ3v) is 8.65. The van der Waals surface area contributed by atoms with Gasteiger partial charge in [-0.1, -0.05) is 19.1 Å². The van der Waals surface area contributed by atoms with Crippen LogP contribution in [0.1, 0.15) is 49.3 Å². The van der Waals surface area contributed by atoms with E-state index in [1.165, 1.54) is 6.92 Å². The molecule has 1 aromatic rings. The molecule has 2 heterocycles. The minimum absolute atomic E-state index is 0.107. The van der Waals surface area contributed by atoms with E-state index in [-0.39, 0.29) is 31.2 Å². The van der Waals surface area contributed by atoms with Gasteiger partial charge in [0.25, 0.3) is 0 Å². The number of carbonyl (C=O) groups excluding carboxylic acids is 2. The second-order valence-corrected chi connectivity index (χ2v) is 10.8. The average molecular weight is 546 g/mol. The number of nitrogens with zero attached hydrogens (tertiary/aromatic N) is 1. The summed E-state index contributed by atoms with van der Waals surface area (Å²) < 4.78 is 18.4. The lowest BCUT2D eigenvalue weighted by atomic mass is 9.50. The summed E-state index contributed by atoms with van der Waals surface area (Å²) in [5, 5.41) is 38.3. The van der Waals surface area contributed by atoms with Gasteiger partial charge in [0.15, 0.2) is 12.2 Å². The molecular formula is C27H31NO11. The van der Waals surface area contributed by atoms with Gasteiger partial charge in [-0.2, -0.15) is 0 Å². The summed E-state index contributed by atoms with van der Waals surface area (Å²) in [7, 11) is 1.91. The summed E-state index contributed by atoms with van der Waals surface area (Å²) in [5.74, 6) is -4.67. The highest BCUT2D eigenvalue weighted by Crippen LogP contribution is 2.65. The Morgan fingerprint density at radius 1 is 1.15 bits per heavy atom. The molecule has 4 N–H and O–H groups in total. The van der Waals surface area contributed by atoms with Gasteiger partial charge >= 0.3 is 23.9 Å². The number of hydrogen-bond donors (Lipinski definition) is 4. The van der Waals surface area contributed by atoms with Crippen LogP contribution < -0.4 is 4.74 Å². The minimum Gasteiger partial charge on any atom is -0.481 e. The number of aliphatic hydroxyl groups is 2. The van der Waals surface area contributed by atoms with Crippen molar-refractivity contribution in [3.63, 3.8) is 0 Å². The number of piperidine rings is 1. The number of benzene rings is 1. The summed E-state index contributed by atoms with van der Waals surface area (Å²) in [6.45, 7) is 1.67. The molecule has 12 nitrogen and oxygen atoms in total. The van der Waals surface area contributed by atoms with Crippen molar-refractivity contribution >= 4 is 23.9 Å². The van der Waals surface area contributed by atoms with E-state index in [1.54, 1.807) is 12.1 Å². The van der Waals surface area contributed by atoms with E-state index < -0.39 is 59.4 Å². The number of hydrogen-bond acceptors (Lipinski definition) is 10. The Bertz CT molecular complexity index is 1270. The molecule has 1 aromatic carbocycles. The number of ether oxygens (including phenoxy) is 3. The summed E-state index contributed by atoms with van der Waals surface area (Å²) in [6.07, 6.45) is -1.34. The molecule has 12 heteroatoms. The Kier molecular flexibility index (Phi) is 6.68. The highest BCUT2D eigenvalue weighted by molar-refractivity contribution is 5.81. The van der Waals surface area contributed by atoms with Gasteiger partial charge in [0, 0.05) is 17.5 Å². The SMILES string of the molecule is C[C@@H](CC(=O)OC1=CC[C@@]2(OC(=O)C[C@H](O)C(=O)O)[C@H]3Cc4ccc(CO)c5c4C2(CCN3C)C1O5)C(=O)O. The molecule has 2 unspecified atom stereocenters. The number of aliphatic carboxylic acids is 2. The molecule has 0 radical (unpaired) electrons. The average Bonchev–Trinajstić information content (AvgIpc) is 3.23. The van der Waals surface area contributed by atoms with Crippen LogP contribution in [0.4, 0.5) is 0 Å². The van der Waals surface area contributed by atoms with Gasteiger partial charge < -0.3 is 34.6 Å². The second kappa shape index (κ2) is 9.61. The third-order valence-electron chi connectivity index (χ3n) is 8.65. The van der Waals surface area contributed by atoms with Crippen molar-refractivity contribution in [2.75, 3.05) is 13.6 Å². The quantitative estimate of drug-likeness (QED) is 0.316. The maximum Gasteiger partial charge on any atom is 0.333 e. The van der Waals surface area contributed by atoms with Crippen molar-refractivity contribution < 1.29 is 53.8 Å². The fraction of sp³-hybridized carbons (Fsp3) is 0.556. The zero-order valence-electron chi connectivity index (χ0n) is 21.6. The Balaban J connectivity index is 1.62. The van der Waals surface area contributed by atoms with Crippen molar-refractivity contribution in [3.05, 3.63) is 40.7 Å². The van der Waals surface area contributed by atoms with Crippen LogP contribution in [0.15, 0.2) is 24.0 Å². The number of esters is 2. The first-order chi connectivity index (χ1) is 18.4. The monoisotopic (exact) mass is 545 g/mol. The molecule has 0 aromatic heterocycles. The van der Waals surface area contributed by atoms with Crippen LogP contribution in [0, 0.1) is 5.92 Å². The van der Waals surface area contributed by atoms with Gasteiger partial charge in [-0.05, 0) is 38.1 Å². The number of aliphatic hydroxyl groups excluding tert-OH is 2. The van der Waals surface area contributed by atoms with E-state index in [0.29, 0.717) is 30.7 Å². The predicted molar refractivity (Wildman–Crippen MR) is 130 cm³/mol. The van der Waals surface area contributed by atoms with E-state index >= 15 is 0 Å². The summed E-state index contributed by atoms with van der Waals surface area (Å²) in [6, 6.07) is 3.33. The maximum atomic E-state index is 13.1. The van der Waals surface area contributed by atoms with E-state index in [4.69, 9.17) is 19.3 Å². The van der Waals surface area contributed by atoms with Crippen LogP contribution in [0.5, 0.6) is 5.75 Å². The fourth-order valence-corrected chi connectivity index (χ4v) is 6.80. The second-order valence-electron chi connectivity index (χ2n) is 10.8. The van der Waals surface area contributed by atoms with Crippen LogP contribution in [0.3, 0.4) is 0 Å². The van der Waals surface area contributed by atoms with Crippen molar-refractivity contribution in [2.45, 2.75) is 74.9 Å². The van der Waals surface area contributed by atoms with Gasteiger partial charge in [-0.3, -0.25) is 19.3 Å². The Morgan fingerprint density at radius 2 is 1.90 bits per heavy atom. The number of likely N-dealkylation sites (tertiary alicyclic amines) is 1. The highest BCUT2D eigenvalue weighted by atomic mass is 16.6. The number of carbonyl (C=O) groups is 4. The molecule has 39 heavy (non-hydrogen) atoms. The lowest BCUT2D eigenvalue weighted by Crippen LogP contribution is -2.75. The molecule has 1 spiro atoms. The molecule has 2 aliphatic heterocycles. The van der Waals surface area contributed by atoms with Crippen LogP contribution in [0.25, 0.3) is 0 Å². The Hall–Kier alpha value is -3.48. The molecule has 4 aliphatic rings. The topological polar surface area (TPSA) is 180 Å². The molecule has 0 saturated carbocycles. The van der Waals surface area contributed by atoms with E-state index in [2.05, 4.69) is 4.90 Å². The standard InChI is InChI=1S/C27H31NO11/c1-13(24(33)34)9-19(31)37-17-5-6-27(39-20(32)11-16(30)25(35)36)18-10-14-3-4-15(12-29)22-21(14)26(27,23(17)38-22)7-8-28(18)2/h3-5,13,16,18,23,29-30H,6-12H2,1-2H3,(H,33,34)(H,35,36)/t13-,16-,18+,23?,26?,27+/m0/s1.